The number of aromatic nitrogens is 4. The smallest absolute Gasteiger partial charge is 0.276 e. The molecule has 1 amide bonds. The summed E-state index contributed by atoms with van der Waals surface area (Å²) in [4.78, 5) is 20.7. The average molecular weight is 307 g/mol. The first-order chi connectivity index (χ1) is 10.3. The van der Waals surface area contributed by atoms with Crippen LogP contribution >= 0.6 is 11.3 Å². The van der Waals surface area contributed by atoms with Crippen molar-refractivity contribution in [1.82, 2.24) is 24.9 Å². The highest BCUT2D eigenvalue weighted by molar-refractivity contribution is 7.13. The molecule has 2 aromatic heterocycles. The lowest BCUT2D eigenvalue weighted by molar-refractivity contribution is 0.0740. The summed E-state index contributed by atoms with van der Waals surface area (Å²) in [6.45, 7) is 3.96. The minimum atomic E-state index is -0.0722. The van der Waals surface area contributed by atoms with Crippen molar-refractivity contribution in [3.05, 3.63) is 23.5 Å². The van der Waals surface area contributed by atoms with Gasteiger partial charge in [0.1, 0.15) is 0 Å². The van der Waals surface area contributed by atoms with Crippen molar-refractivity contribution in [2.24, 2.45) is 5.73 Å². The zero-order valence-corrected chi connectivity index (χ0v) is 12.4. The molecule has 0 atom stereocenters. The fourth-order valence-electron chi connectivity index (χ4n) is 2.27. The monoisotopic (exact) mass is 307 g/mol. The molecule has 112 valence electrons. The third-order valence-corrected chi connectivity index (χ3v) is 4.20. The minimum Gasteiger partial charge on any atom is -0.345 e. The lowest BCUT2D eigenvalue weighted by Crippen LogP contribution is -2.48. The normalized spacial score (nSPS) is 15.5. The van der Waals surface area contributed by atoms with Gasteiger partial charge in [-0.15, -0.1) is 16.4 Å². The Hall–Kier alpha value is -2.00. The molecular weight excluding hydrogens is 290 g/mol. The number of hydrogen-bond acceptors (Lipinski definition) is 7. The zero-order chi connectivity index (χ0) is 14.7. The quantitative estimate of drug-likeness (QED) is 0.830. The zero-order valence-electron chi connectivity index (χ0n) is 11.6. The molecule has 21 heavy (non-hydrogen) atoms. The molecule has 3 rings (SSSR count). The summed E-state index contributed by atoms with van der Waals surface area (Å²) < 4.78 is 1.60. The molecule has 0 saturated carbocycles. The molecule has 1 aliphatic heterocycles. The van der Waals surface area contributed by atoms with Gasteiger partial charge in [0, 0.05) is 44.3 Å². The molecule has 1 aliphatic rings. The highest BCUT2D eigenvalue weighted by Crippen LogP contribution is 2.19. The Kier molecular flexibility index (Phi) is 4.11. The van der Waals surface area contributed by atoms with E-state index in [4.69, 9.17) is 5.73 Å². The third kappa shape index (κ3) is 3.03. The van der Waals surface area contributed by atoms with Crippen LogP contribution in [-0.4, -0.2) is 63.5 Å². The Morgan fingerprint density at radius 2 is 2.14 bits per heavy atom. The molecular formula is C12H17N7OS. The van der Waals surface area contributed by atoms with E-state index < -0.39 is 0 Å². The van der Waals surface area contributed by atoms with E-state index in [0.29, 0.717) is 31.9 Å². The Balaban J connectivity index is 1.59. The lowest BCUT2D eigenvalue weighted by atomic mass is 10.3. The first-order valence-electron chi connectivity index (χ1n) is 6.82. The van der Waals surface area contributed by atoms with Gasteiger partial charge in [-0.25, -0.2) is 4.98 Å². The first-order valence-corrected chi connectivity index (χ1v) is 7.70. The van der Waals surface area contributed by atoms with Crippen LogP contribution in [0.5, 0.6) is 0 Å². The first kappa shape index (κ1) is 14.0. The molecule has 0 aromatic carbocycles. The number of carbonyl (C=O) groups is 1. The number of amides is 1. The van der Waals surface area contributed by atoms with Crippen LogP contribution in [0.1, 0.15) is 10.5 Å². The largest absolute Gasteiger partial charge is 0.345 e. The molecule has 9 heteroatoms. The molecule has 2 aromatic rings. The van der Waals surface area contributed by atoms with Crippen LogP contribution in [0.25, 0.3) is 0 Å². The summed E-state index contributed by atoms with van der Waals surface area (Å²) in [5.41, 5.74) is 5.84. The number of hydrogen-bond donors (Lipinski definition) is 1. The molecule has 0 unspecified atom stereocenters. The molecule has 1 fully saturated rings. The van der Waals surface area contributed by atoms with E-state index in [2.05, 4.69) is 20.2 Å². The molecule has 2 N–H and O–H groups in total. The van der Waals surface area contributed by atoms with E-state index in [9.17, 15) is 4.79 Å². The Morgan fingerprint density at radius 1 is 1.33 bits per heavy atom. The highest BCUT2D eigenvalue weighted by Gasteiger charge is 2.24. The van der Waals surface area contributed by atoms with E-state index in [-0.39, 0.29) is 5.91 Å². The molecule has 0 bridgehead atoms. The Morgan fingerprint density at radius 3 is 2.81 bits per heavy atom. The van der Waals surface area contributed by atoms with E-state index >= 15 is 0 Å². The van der Waals surface area contributed by atoms with Crippen molar-refractivity contribution < 1.29 is 4.79 Å². The summed E-state index contributed by atoms with van der Waals surface area (Å²) in [5, 5.41) is 10.8. The van der Waals surface area contributed by atoms with Gasteiger partial charge in [-0.3, -0.25) is 9.48 Å². The van der Waals surface area contributed by atoms with Crippen molar-refractivity contribution >= 4 is 22.4 Å². The molecule has 0 aliphatic carbocycles. The van der Waals surface area contributed by atoms with Crippen LogP contribution in [0.15, 0.2) is 17.8 Å². The van der Waals surface area contributed by atoms with Gasteiger partial charge < -0.3 is 15.5 Å². The van der Waals surface area contributed by atoms with Crippen molar-refractivity contribution in [2.75, 3.05) is 37.6 Å². The van der Waals surface area contributed by atoms with Crippen molar-refractivity contribution in [1.29, 1.82) is 0 Å². The molecule has 0 spiro atoms. The van der Waals surface area contributed by atoms with Gasteiger partial charge in [0.2, 0.25) is 0 Å². The van der Waals surface area contributed by atoms with Crippen LogP contribution in [0.2, 0.25) is 0 Å². The van der Waals surface area contributed by atoms with Crippen LogP contribution in [-0.2, 0) is 6.54 Å². The van der Waals surface area contributed by atoms with Gasteiger partial charge in [0.15, 0.2) is 10.8 Å². The van der Waals surface area contributed by atoms with Crippen LogP contribution in [0.4, 0.5) is 5.13 Å². The second kappa shape index (κ2) is 6.19. The topological polar surface area (TPSA) is 93.2 Å². The van der Waals surface area contributed by atoms with Crippen molar-refractivity contribution in [2.45, 2.75) is 6.54 Å². The summed E-state index contributed by atoms with van der Waals surface area (Å²) in [7, 11) is 0. The van der Waals surface area contributed by atoms with E-state index in [1.807, 2.05) is 5.38 Å². The highest BCUT2D eigenvalue weighted by atomic mass is 32.1. The second-order valence-corrected chi connectivity index (χ2v) is 5.62. The fraction of sp³-hybridized carbons (Fsp3) is 0.500. The van der Waals surface area contributed by atoms with Gasteiger partial charge in [0.05, 0.1) is 12.7 Å². The summed E-state index contributed by atoms with van der Waals surface area (Å²) in [5.74, 6) is -0.0722. The molecule has 1 saturated heterocycles. The number of nitrogens with two attached hydrogens (primary N) is 1. The number of carbonyl (C=O) groups excluding carboxylic acids is 1. The average Bonchev–Trinajstić information content (AvgIpc) is 3.19. The Labute approximate surface area is 126 Å². The SMILES string of the molecule is NCCn1cc(C(=O)N2CCN(c3nccs3)CC2)nn1. The molecule has 3 heterocycles. The number of rotatable bonds is 4. The number of thiazole rings is 1. The maximum Gasteiger partial charge on any atom is 0.276 e. The summed E-state index contributed by atoms with van der Waals surface area (Å²) >= 11 is 1.62. The summed E-state index contributed by atoms with van der Waals surface area (Å²) in [6, 6.07) is 0. The molecule has 8 nitrogen and oxygen atoms in total. The predicted octanol–water partition coefficient (Wildman–Crippen LogP) is -0.344. The minimum absolute atomic E-state index is 0.0722. The van der Waals surface area contributed by atoms with Crippen molar-refractivity contribution in [3.63, 3.8) is 0 Å². The standard InChI is InChI=1S/C12H17N7OS/c13-1-3-19-9-10(15-16-19)11(20)17-4-6-18(7-5-17)12-14-2-8-21-12/h2,8-9H,1,3-7,13H2. The Bertz CT molecular complexity index is 589. The van der Waals surface area contributed by atoms with Gasteiger partial charge in [-0.2, -0.15) is 0 Å². The second-order valence-electron chi connectivity index (χ2n) is 4.75. The number of anilines is 1. The summed E-state index contributed by atoms with van der Waals surface area (Å²) in [6.07, 6.45) is 3.45. The number of piperazine rings is 1. The van der Waals surface area contributed by atoms with Gasteiger partial charge in [-0.1, -0.05) is 5.21 Å². The van der Waals surface area contributed by atoms with Gasteiger partial charge >= 0.3 is 0 Å². The lowest BCUT2D eigenvalue weighted by Gasteiger charge is -2.34. The van der Waals surface area contributed by atoms with Crippen molar-refractivity contribution in [3.8, 4) is 0 Å². The van der Waals surface area contributed by atoms with E-state index in [0.717, 1.165) is 18.2 Å². The van der Waals surface area contributed by atoms with E-state index in [1.54, 1.807) is 33.3 Å². The van der Waals surface area contributed by atoms with Crippen LogP contribution < -0.4 is 10.6 Å². The predicted molar refractivity (Wildman–Crippen MR) is 79.3 cm³/mol. The molecule has 0 radical (unpaired) electrons. The maximum atomic E-state index is 12.4. The fourth-order valence-corrected chi connectivity index (χ4v) is 2.97. The van der Waals surface area contributed by atoms with Crippen LogP contribution in [0.3, 0.4) is 0 Å². The van der Waals surface area contributed by atoms with E-state index in [1.165, 1.54) is 0 Å². The number of nitrogens with zero attached hydrogens (tertiary/aromatic N) is 6. The maximum absolute atomic E-state index is 12.4. The van der Waals surface area contributed by atoms with Crippen LogP contribution in [0, 0.1) is 0 Å². The third-order valence-electron chi connectivity index (χ3n) is 3.37. The van der Waals surface area contributed by atoms with Gasteiger partial charge in [0.25, 0.3) is 5.91 Å². The van der Waals surface area contributed by atoms with Gasteiger partial charge in [-0.05, 0) is 0 Å².